The zero-order valence-corrected chi connectivity index (χ0v) is 49.3. The molecule has 0 aliphatic carbocycles. The lowest BCUT2D eigenvalue weighted by atomic mass is 10.1. The van der Waals surface area contributed by atoms with Gasteiger partial charge in [-0.25, -0.2) is 8.78 Å². The number of allylic oxidation sites excluding steroid dienone is 2. The Morgan fingerprint density at radius 3 is 1.28 bits per heavy atom. The minimum atomic E-state index is -3.52. The van der Waals surface area contributed by atoms with Crippen molar-refractivity contribution in [3.05, 3.63) is 45.4 Å². The molecule has 4 rings (SSSR count). The molecule has 4 aliphatic rings. The normalized spacial score (nSPS) is 26.1. The van der Waals surface area contributed by atoms with E-state index in [4.69, 9.17) is 54.8 Å². The quantitative estimate of drug-likeness (QED) is 0.0139. The first-order chi connectivity index (χ1) is 37.4. The van der Waals surface area contributed by atoms with Crippen LogP contribution in [0.2, 0.25) is 0 Å². The van der Waals surface area contributed by atoms with Crippen LogP contribution in [0.15, 0.2) is 34.8 Å². The minimum absolute atomic E-state index is 0.206. The first-order valence-corrected chi connectivity index (χ1v) is 29.7. The third kappa shape index (κ3) is 21.1. The molecule has 0 aromatic rings. The van der Waals surface area contributed by atoms with Gasteiger partial charge < -0.3 is 48.3 Å². The summed E-state index contributed by atoms with van der Waals surface area (Å²) < 4.78 is 66.6. The number of nitrogens with zero attached hydrogens (tertiary/aromatic N) is 8. The third-order valence-corrected chi connectivity index (χ3v) is 15.2. The van der Waals surface area contributed by atoms with Gasteiger partial charge in [0, 0.05) is 22.2 Å². The maximum atomic E-state index is 15.5. The van der Waals surface area contributed by atoms with Crippen molar-refractivity contribution in [3.63, 3.8) is 0 Å². The summed E-state index contributed by atoms with van der Waals surface area (Å²) in [5.41, 5.74) is 12.8. The number of rotatable bonds is 24. The van der Waals surface area contributed by atoms with Gasteiger partial charge in [0.25, 0.3) is 0 Å². The van der Waals surface area contributed by atoms with E-state index in [-0.39, 0.29) is 12.2 Å². The lowest BCUT2D eigenvalue weighted by molar-refractivity contribution is -0.159. The number of ether oxygens (including phenoxy) is 6. The highest BCUT2D eigenvalue weighted by molar-refractivity contribution is 7.93. The molecule has 0 spiro atoms. The predicted octanol–water partition coefficient (Wildman–Crippen LogP) is 3.07. The largest absolute Gasteiger partial charge is 0.462 e. The molecule has 4 heterocycles. The lowest BCUT2D eigenvalue weighted by Gasteiger charge is -2.35. The van der Waals surface area contributed by atoms with Crippen LogP contribution in [0.3, 0.4) is 0 Å². The van der Waals surface area contributed by atoms with Gasteiger partial charge in [-0.1, -0.05) is 27.8 Å². The van der Waals surface area contributed by atoms with Gasteiger partial charge in [0.1, 0.15) is 43.8 Å². The summed E-state index contributed by atoms with van der Waals surface area (Å²) in [6.45, 7) is 15.3. The molecule has 0 aromatic heterocycles. The van der Waals surface area contributed by atoms with Crippen molar-refractivity contribution in [2.75, 3.05) is 13.2 Å². The van der Waals surface area contributed by atoms with Crippen LogP contribution in [-0.2, 0) is 71.3 Å². The van der Waals surface area contributed by atoms with Gasteiger partial charge in [-0.05, 0) is 113 Å². The number of esters is 4. The summed E-state index contributed by atoms with van der Waals surface area (Å²) in [7, 11) is -3.52. The average Bonchev–Trinajstić information content (AvgIpc) is 3.95. The van der Waals surface area contributed by atoms with Crippen molar-refractivity contribution < 1.29 is 95.4 Å². The number of halogens is 3. The molecule has 35 heteroatoms. The highest BCUT2D eigenvalue weighted by Crippen LogP contribution is 2.45. The van der Waals surface area contributed by atoms with E-state index in [1.54, 1.807) is 69.2 Å². The Kier molecular flexibility index (Phi) is 27.7. The zero-order valence-electron chi connectivity index (χ0n) is 46.7. The van der Waals surface area contributed by atoms with Crippen LogP contribution >= 0.6 is 25.2 Å². The van der Waals surface area contributed by atoms with Gasteiger partial charge >= 0.3 is 23.9 Å². The predicted molar refractivity (Wildman–Crippen MR) is 289 cm³/mol. The Morgan fingerprint density at radius 1 is 0.667 bits per heavy atom. The van der Waals surface area contributed by atoms with Crippen LogP contribution in [0.4, 0.5) is 8.78 Å². The maximum absolute atomic E-state index is 15.5. The van der Waals surface area contributed by atoms with Crippen molar-refractivity contribution in [1.82, 2.24) is 30.1 Å². The number of aliphatic hydroxyl groups excluding tert-OH is 3. The van der Waals surface area contributed by atoms with Gasteiger partial charge in [-0.3, -0.25) is 68.5 Å². The maximum Gasteiger partial charge on any atom is 0.323 e. The number of hydrogen-bond donors (Lipinski definition) is 7. The van der Waals surface area contributed by atoms with Crippen molar-refractivity contribution in [3.8, 4) is 0 Å². The molecule has 12 atom stereocenters. The number of amides is 2. The zero-order chi connectivity index (χ0) is 62.1. The number of carbonyl (C=O) groups is 8. The molecule has 0 aromatic carbocycles. The first kappa shape index (κ1) is 71.7. The number of carbonyl (C=O) groups excluding carboxylic acids is 8. The second-order valence-electron chi connectivity index (χ2n) is 19.6. The number of azide groups is 2. The van der Waals surface area contributed by atoms with E-state index in [0.717, 1.165) is 34.4 Å². The van der Waals surface area contributed by atoms with Crippen LogP contribution in [0.5, 0.6) is 0 Å². The van der Waals surface area contributed by atoms with Crippen LogP contribution in [0.25, 0.3) is 20.9 Å². The molecule has 0 saturated carbocycles. The highest BCUT2D eigenvalue weighted by atomic mass is 35.7. The Morgan fingerprint density at radius 2 is 0.975 bits per heavy atom. The van der Waals surface area contributed by atoms with E-state index in [0.29, 0.717) is 0 Å². The van der Waals surface area contributed by atoms with Gasteiger partial charge in [-0.2, -0.15) is 0 Å². The van der Waals surface area contributed by atoms with Crippen molar-refractivity contribution in [2.24, 2.45) is 10.2 Å². The standard InChI is InChI=1S/C23H36FN6O9P.C13H26ClN2O4P.C10H11FN4O5/c1-12(2)37-21(34)14(5)26-40(7,27-15(6)22(35)38-13(3)4)36-11-23(28-29-25)19(24)18(33)20(39-23)30-9-8-16(31)10-17(30)32;1-8(2)19-12(17)10(5)15-21(7,14)16-11(6)13(18)20-9(3)4;11-8-7(19)9(20-10(8,4-16)13-14-12)15-2-1-5(17)3-6(15)18/h8-9,12-15,18-20,26-27,33H,7,10-11H2,1-6H3;8-11,15-16H,7H2,1-6H3;1-2,7-9,16,19H,3-4H2/t14-,15-,18+,19-,20+,23+;10-,11-;7-,8+,9-,10-/m001/s1. The summed E-state index contributed by atoms with van der Waals surface area (Å²) in [6.07, 6.45) is -1.81. The summed E-state index contributed by atoms with van der Waals surface area (Å²) >= 11 is 6.25. The molecule has 0 unspecified atom stereocenters. The Bertz CT molecular complexity index is 2490. The van der Waals surface area contributed by atoms with E-state index in [2.05, 4.69) is 53.0 Å². The lowest BCUT2D eigenvalue weighted by Crippen LogP contribution is -2.46. The second kappa shape index (κ2) is 31.3. The molecular weight excluding hydrogens is 1140 g/mol. The third-order valence-electron chi connectivity index (χ3n) is 10.9. The number of nitrogens with one attached hydrogen (secondary N) is 4. The van der Waals surface area contributed by atoms with E-state index < -0.39 is 172 Å². The van der Waals surface area contributed by atoms with Gasteiger partial charge in [-0.15, -0.1) is 0 Å². The number of alkyl halides is 2. The fourth-order valence-electron chi connectivity index (χ4n) is 7.25. The van der Waals surface area contributed by atoms with Crippen molar-refractivity contribution in [2.45, 2.75) is 193 Å². The monoisotopic (exact) mass is 1220 g/mol. The molecule has 2 fully saturated rings. The van der Waals surface area contributed by atoms with E-state index >= 15 is 4.39 Å². The summed E-state index contributed by atoms with van der Waals surface area (Å²) in [5, 5.41) is 47.3. The van der Waals surface area contributed by atoms with Gasteiger partial charge in [0.15, 0.2) is 36.4 Å². The average molecular weight is 1220 g/mol. The highest BCUT2D eigenvalue weighted by Gasteiger charge is 2.59. The Hall–Kier alpha value is -5.39. The number of ketones is 2. The fraction of sp³-hybridized carbons (Fsp3) is 0.696. The summed E-state index contributed by atoms with van der Waals surface area (Å²) in [4.78, 5) is 102. The first-order valence-electron chi connectivity index (χ1n) is 24.9. The Balaban J connectivity index is 0.000000459. The molecule has 81 heavy (non-hydrogen) atoms. The smallest absolute Gasteiger partial charge is 0.323 e. The molecule has 0 radical (unpaired) electrons. The van der Waals surface area contributed by atoms with Crippen LogP contribution in [0.1, 0.15) is 95.9 Å². The molecular formula is C46H73ClF2N12O18P2. The minimum Gasteiger partial charge on any atom is -0.462 e. The molecule has 4 aliphatic heterocycles. The topological polar surface area (TPSA) is 414 Å². The number of hydrogen-bond acceptors (Lipinski definition) is 24. The van der Waals surface area contributed by atoms with Crippen molar-refractivity contribution >= 4 is 85.1 Å². The fourth-order valence-corrected chi connectivity index (χ4v) is 11.7. The van der Waals surface area contributed by atoms with Gasteiger partial charge in [0.05, 0.1) is 57.0 Å². The van der Waals surface area contributed by atoms with Gasteiger partial charge in [0.2, 0.25) is 23.3 Å². The summed E-state index contributed by atoms with van der Waals surface area (Å²) in [6, 6.07) is -3.31. The SMILES string of the molecule is C=P(Cl)(N[C@@H](C)C(=O)OC(C)C)N[C@@H](C)C(=O)OC(C)C.C=P(N[C@@H](C)C(=O)OC(C)C)(N[C@@H](C)C(=O)OC(C)C)OC[C@@]1(N=[N+]=[N-])O[C@@H](N2C=CC(=O)CC2=O)[C@H](O)[C@@H]1F.[N-]=[N+]=N[C@]1(CO)O[C@@H](N2C=CC(=O)CC2=O)[C@H](O)[C@@H]1F. The van der Waals surface area contributed by atoms with Crippen molar-refractivity contribution in [1.29, 1.82) is 0 Å². The summed E-state index contributed by atoms with van der Waals surface area (Å²) in [5.74, 6) is -4.56. The van der Waals surface area contributed by atoms with E-state index in [1.165, 1.54) is 13.8 Å². The van der Waals surface area contributed by atoms with Crippen LogP contribution in [0, 0.1) is 0 Å². The van der Waals surface area contributed by atoms with E-state index in [9.17, 15) is 58.5 Å². The van der Waals surface area contributed by atoms with Crippen LogP contribution < -0.4 is 20.3 Å². The second-order valence-corrected chi connectivity index (χ2v) is 25.6. The molecule has 7 N–H and O–H groups in total. The molecule has 2 saturated heterocycles. The number of aliphatic hydroxyl groups is 3. The molecule has 0 bridgehead atoms. The van der Waals surface area contributed by atoms with E-state index in [1.807, 2.05) is 0 Å². The molecule has 2 amide bonds. The Labute approximate surface area is 471 Å². The van der Waals surface area contributed by atoms with Crippen LogP contribution in [-0.4, -0.2) is 195 Å². The molecule has 456 valence electrons. The molecule has 30 nitrogen and oxygen atoms in total.